The van der Waals surface area contributed by atoms with Gasteiger partial charge < -0.3 is 19.4 Å². The summed E-state index contributed by atoms with van der Waals surface area (Å²) in [6.07, 6.45) is 7.86. The van der Waals surface area contributed by atoms with Gasteiger partial charge in [0.2, 0.25) is 0 Å². The minimum Gasteiger partial charge on any atom is -0.427 e. The number of fused-ring (bicyclic) bond motifs is 2. The van der Waals surface area contributed by atoms with Gasteiger partial charge in [-0.3, -0.25) is 14.9 Å². The summed E-state index contributed by atoms with van der Waals surface area (Å²) in [4.78, 5) is 29.6. The lowest BCUT2D eigenvalue weighted by atomic mass is 9.95. The van der Waals surface area contributed by atoms with Crippen LogP contribution in [0, 0.1) is 0 Å². The second kappa shape index (κ2) is 9.13. The number of aromatic amines is 1. The normalized spacial score (nSPS) is 20.1. The number of aromatic nitrogens is 2. The Morgan fingerprint density at radius 3 is 2.53 bits per heavy atom. The minimum absolute atomic E-state index is 0.0223. The predicted octanol–water partition coefficient (Wildman–Crippen LogP) is 4.11. The Labute approximate surface area is 213 Å². The summed E-state index contributed by atoms with van der Waals surface area (Å²) in [5.41, 5.74) is 3.73. The maximum atomic E-state index is 13.2. The molecular weight excluding hydrogens is 475 g/mol. The molecule has 3 heterocycles. The zero-order valence-corrected chi connectivity index (χ0v) is 20.4. The molecular formula is C27H24BClN4O3. The molecule has 1 unspecified atom stereocenters. The molecule has 0 saturated carbocycles. The topological polar surface area (TPSA) is 88.2 Å². The molecule has 2 atom stereocenters. The average Bonchev–Trinajstić information content (AvgIpc) is 3.53. The summed E-state index contributed by atoms with van der Waals surface area (Å²) in [5, 5.41) is 8.01. The Morgan fingerprint density at radius 2 is 1.75 bits per heavy atom. The number of hydrogen-bond donors (Lipinski definition) is 3. The van der Waals surface area contributed by atoms with E-state index in [4.69, 9.17) is 16.3 Å². The highest BCUT2D eigenvalue weighted by atomic mass is 35.5. The number of hydrogen-bond acceptors (Lipinski definition) is 4. The smallest absolute Gasteiger partial charge is 0.360 e. The van der Waals surface area contributed by atoms with Gasteiger partial charge in [0.25, 0.3) is 11.8 Å². The number of carbonyl (C=O) groups is 2. The van der Waals surface area contributed by atoms with Gasteiger partial charge in [-0.2, -0.15) is 0 Å². The van der Waals surface area contributed by atoms with Crippen LogP contribution in [0.3, 0.4) is 0 Å². The molecule has 0 radical (unpaired) electrons. The summed E-state index contributed by atoms with van der Waals surface area (Å²) < 4.78 is 7.21. The maximum absolute atomic E-state index is 13.2. The Bertz CT molecular complexity index is 1580. The van der Waals surface area contributed by atoms with E-state index in [2.05, 4.69) is 32.2 Å². The first-order valence-corrected chi connectivity index (χ1v) is 12.3. The summed E-state index contributed by atoms with van der Waals surface area (Å²) in [6.45, 7) is 0. The number of allylic oxidation sites excluding steroid dienone is 1. The van der Waals surface area contributed by atoms with Crippen LogP contribution in [0.1, 0.15) is 30.0 Å². The van der Waals surface area contributed by atoms with E-state index in [1.807, 2.05) is 48.5 Å². The van der Waals surface area contributed by atoms with Gasteiger partial charge in [-0.25, -0.2) is 0 Å². The molecule has 0 saturated heterocycles. The summed E-state index contributed by atoms with van der Waals surface area (Å²) >= 11 is 7.10. The van der Waals surface area contributed by atoms with Crippen molar-refractivity contribution in [3.05, 3.63) is 83.2 Å². The van der Waals surface area contributed by atoms with Crippen molar-refractivity contribution in [1.82, 2.24) is 20.1 Å². The van der Waals surface area contributed by atoms with Crippen molar-refractivity contribution in [3.63, 3.8) is 0 Å². The van der Waals surface area contributed by atoms with Crippen LogP contribution in [-0.2, 0) is 14.2 Å². The standard InChI is InChI=1S/C27H24BClN4O3/c1-36-28-32-15-10-12-16(13-11-15)33-21-9-5-3-7-18(21)22(25(33)29)24-23(26(34)31-27(24)35)19-14-30-20-8-4-2-6-17(19)20/h2-10,12,14-16,28,30,32H,11,13H2,1H3,(H,31,34,35)/t15-,16?/m0/s1. The fourth-order valence-electron chi connectivity index (χ4n) is 5.40. The summed E-state index contributed by atoms with van der Waals surface area (Å²) in [5.74, 6) is -0.856. The number of nitrogens with zero attached hydrogens (tertiary/aromatic N) is 1. The van der Waals surface area contributed by atoms with Crippen LogP contribution >= 0.6 is 11.6 Å². The summed E-state index contributed by atoms with van der Waals surface area (Å²) in [6, 6.07) is 15.8. The molecule has 2 amide bonds. The third-order valence-electron chi connectivity index (χ3n) is 7.05. The van der Waals surface area contributed by atoms with Crippen molar-refractivity contribution in [1.29, 1.82) is 0 Å². The van der Waals surface area contributed by atoms with Crippen LogP contribution in [0.15, 0.2) is 66.9 Å². The highest BCUT2D eigenvalue weighted by Crippen LogP contribution is 2.44. The minimum atomic E-state index is -0.437. The van der Waals surface area contributed by atoms with E-state index in [1.54, 1.807) is 13.3 Å². The highest BCUT2D eigenvalue weighted by molar-refractivity contribution is 6.52. The van der Waals surface area contributed by atoms with Crippen molar-refractivity contribution in [2.24, 2.45) is 0 Å². The quantitative estimate of drug-likeness (QED) is 0.212. The molecule has 9 heteroatoms. The molecule has 7 nitrogen and oxygen atoms in total. The molecule has 0 bridgehead atoms. The van der Waals surface area contributed by atoms with Gasteiger partial charge in [0.15, 0.2) is 0 Å². The number of carbonyl (C=O) groups excluding carboxylic acids is 2. The molecule has 36 heavy (non-hydrogen) atoms. The van der Waals surface area contributed by atoms with Gasteiger partial charge in [-0.05, 0) is 25.0 Å². The lowest BCUT2D eigenvalue weighted by Gasteiger charge is -2.26. The van der Waals surface area contributed by atoms with E-state index < -0.39 is 11.8 Å². The van der Waals surface area contributed by atoms with Crippen molar-refractivity contribution < 1.29 is 14.2 Å². The zero-order valence-electron chi connectivity index (χ0n) is 19.7. The number of nitrogens with one attached hydrogen (secondary N) is 3. The molecule has 0 spiro atoms. The maximum Gasteiger partial charge on any atom is 0.360 e. The van der Waals surface area contributed by atoms with Crippen LogP contribution in [-0.4, -0.2) is 42.1 Å². The van der Waals surface area contributed by atoms with Crippen LogP contribution in [0.5, 0.6) is 0 Å². The van der Waals surface area contributed by atoms with Crippen LogP contribution < -0.4 is 10.5 Å². The van der Waals surface area contributed by atoms with E-state index in [9.17, 15) is 9.59 Å². The Hall–Kier alpha value is -3.59. The molecule has 2 aliphatic rings. The SMILES string of the molecule is COBN[C@H]1C=CC(n2c(Cl)c(C3=C(c4c[nH]c5ccccc45)C(=O)NC3=O)c3ccccc32)CC1. The van der Waals surface area contributed by atoms with E-state index in [0.29, 0.717) is 35.0 Å². The number of benzene rings is 2. The van der Waals surface area contributed by atoms with Gasteiger partial charge in [-0.15, -0.1) is 0 Å². The number of imide groups is 1. The van der Waals surface area contributed by atoms with Crippen molar-refractivity contribution >= 4 is 64.0 Å². The van der Waals surface area contributed by atoms with E-state index >= 15 is 0 Å². The van der Waals surface area contributed by atoms with Gasteiger partial charge in [0.1, 0.15) is 5.15 Å². The molecule has 2 aromatic heterocycles. The average molecular weight is 499 g/mol. The third kappa shape index (κ3) is 3.61. The second-order valence-corrected chi connectivity index (χ2v) is 9.47. The monoisotopic (exact) mass is 498 g/mol. The van der Waals surface area contributed by atoms with Gasteiger partial charge in [-0.1, -0.05) is 60.2 Å². The number of halogens is 1. The number of amides is 2. The van der Waals surface area contributed by atoms with Crippen LogP contribution in [0.2, 0.25) is 5.15 Å². The Kier molecular flexibility index (Phi) is 5.80. The fraction of sp³-hybridized carbons (Fsp3) is 0.185. The number of para-hydroxylation sites is 2. The molecule has 1 aliphatic carbocycles. The van der Waals surface area contributed by atoms with Crippen LogP contribution in [0.4, 0.5) is 0 Å². The van der Waals surface area contributed by atoms with E-state index in [0.717, 1.165) is 34.6 Å². The number of rotatable bonds is 6. The molecule has 0 fully saturated rings. The zero-order chi connectivity index (χ0) is 24.8. The molecule has 6 rings (SSSR count). The van der Waals surface area contributed by atoms with Crippen molar-refractivity contribution in [2.45, 2.75) is 24.9 Å². The molecule has 3 N–H and O–H groups in total. The first-order valence-electron chi connectivity index (χ1n) is 11.9. The predicted molar refractivity (Wildman–Crippen MR) is 144 cm³/mol. The fourth-order valence-corrected chi connectivity index (χ4v) is 5.82. The molecule has 4 aromatic rings. The molecule has 1 aliphatic heterocycles. The van der Waals surface area contributed by atoms with E-state index in [1.165, 1.54) is 0 Å². The van der Waals surface area contributed by atoms with Crippen molar-refractivity contribution in [2.75, 3.05) is 7.11 Å². The third-order valence-corrected chi connectivity index (χ3v) is 7.42. The van der Waals surface area contributed by atoms with E-state index in [-0.39, 0.29) is 12.1 Å². The number of H-pyrrole nitrogens is 1. The summed E-state index contributed by atoms with van der Waals surface area (Å²) in [7, 11) is 2.16. The molecule has 2 aromatic carbocycles. The van der Waals surface area contributed by atoms with Gasteiger partial charge >= 0.3 is 7.62 Å². The van der Waals surface area contributed by atoms with Gasteiger partial charge in [0, 0.05) is 46.8 Å². The van der Waals surface area contributed by atoms with Gasteiger partial charge in [0.05, 0.1) is 22.7 Å². The largest absolute Gasteiger partial charge is 0.427 e. The highest BCUT2D eigenvalue weighted by Gasteiger charge is 2.37. The first kappa shape index (κ1) is 22.9. The Balaban J connectivity index is 1.54. The Morgan fingerprint density at radius 1 is 1.00 bits per heavy atom. The first-order chi connectivity index (χ1) is 17.6. The lowest BCUT2D eigenvalue weighted by Crippen LogP contribution is -2.34. The second-order valence-electron chi connectivity index (χ2n) is 9.11. The van der Waals surface area contributed by atoms with Crippen molar-refractivity contribution in [3.8, 4) is 0 Å². The molecule has 180 valence electrons. The van der Waals surface area contributed by atoms with Crippen LogP contribution in [0.25, 0.3) is 33.0 Å². The lowest BCUT2D eigenvalue weighted by molar-refractivity contribution is -0.122.